The van der Waals surface area contributed by atoms with E-state index in [1.807, 2.05) is 0 Å². The predicted molar refractivity (Wildman–Crippen MR) is 56.1 cm³/mol. The molecule has 3 nitrogen and oxygen atoms in total. The van der Waals surface area contributed by atoms with Gasteiger partial charge in [-0.15, -0.1) is 0 Å². The van der Waals surface area contributed by atoms with Crippen molar-refractivity contribution in [2.75, 3.05) is 19.6 Å². The fourth-order valence-corrected chi connectivity index (χ4v) is 2.55. The maximum Gasteiger partial charge on any atom is 0.222 e. The molecule has 0 spiro atoms. The predicted octanol–water partition coefficient (Wildman–Crippen LogP) is 1.09. The first-order valence-electron chi connectivity index (χ1n) is 5.72. The summed E-state index contributed by atoms with van der Waals surface area (Å²) >= 11 is 0. The Labute approximate surface area is 86.1 Å². The zero-order chi connectivity index (χ0) is 10.1. The highest BCUT2D eigenvalue weighted by molar-refractivity contribution is 5.78. The fourth-order valence-electron chi connectivity index (χ4n) is 2.55. The highest BCUT2D eigenvalue weighted by atomic mass is 16.2. The average molecular weight is 196 g/mol. The molecule has 14 heavy (non-hydrogen) atoms. The SMILES string of the molecule is CC(C)N1CCC(N2CCCC2=O)C1. The van der Waals surface area contributed by atoms with Gasteiger partial charge in [0, 0.05) is 38.1 Å². The zero-order valence-corrected chi connectivity index (χ0v) is 9.20. The van der Waals surface area contributed by atoms with Gasteiger partial charge >= 0.3 is 0 Å². The third-order valence-corrected chi connectivity index (χ3v) is 3.48. The summed E-state index contributed by atoms with van der Waals surface area (Å²) in [6.07, 6.45) is 3.01. The zero-order valence-electron chi connectivity index (χ0n) is 9.20. The van der Waals surface area contributed by atoms with E-state index in [0.29, 0.717) is 18.0 Å². The van der Waals surface area contributed by atoms with Crippen molar-refractivity contribution < 1.29 is 4.79 Å². The van der Waals surface area contributed by atoms with Gasteiger partial charge in [-0.3, -0.25) is 9.69 Å². The lowest BCUT2D eigenvalue weighted by molar-refractivity contribution is -0.129. The average Bonchev–Trinajstić information content (AvgIpc) is 2.71. The van der Waals surface area contributed by atoms with Gasteiger partial charge in [-0.2, -0.15) is 0 Å². The van der Waals surface area contributed by atoms with Gasteiger partial charge in [0.15, 0.2) is 0 Å². The third kappa shape index (κ3) is 1.78. The summed E-state index contributed by atoms with van der Waals surface area (Å²) in [6.45, 7) is 7.70. The second-order valence-electron chi connectivity index (χ2n) is 4.72. The Kier molecular flexibility index (Phi) is 2.77. The molecule has 0 bridgehead atoms. The van der Waals surface area contributed by atoms with Gasteiger partial charge in [-0.25, -0.2) is 0 Å². The minimum atomic E-state index is 0.376. The fraction of sp³-hybridized carbons (Fsp3) is 0.909. The molecule has 2 aliphatic heterocycles. The van der Waals surface area contributed by atoms with E-state index in [0.717, 1.165) is 32.5 Å². The number of amides is 1. The maximum absolute atomic E-state index is 11.5. The van der Waals surface area contributed by atoms with E-state index in [9.17, 15) is 4.79 Å². The van der Waals surface area contributed by atoms with Crippen molar-refractivity contribution >= 4 is 5.91 Å². The minimum absolute atomic E-state index is 0.376. The first-order chi connectivity index (χ1) is 6.68. The number of rotatable bonds is 2. The van der Waals surface area contributed by atoms with Gasteiger partial charge in [-0.05, 0) is 26.7 Å². The highest BCUT2D eigenvalue weighted by Crippen LogP contribution is 2.22. The summed E-state index contributed by atoms with van der Waals surface area (Å²) in [6, 6.07) is 1.13. The molecule has 0 aromatic carbocycles. The minimum Gasteiger partial charge on any atom is -0.338 e. The van der Waals surface area contributed by atoms with E-state index >= 15 is 0 Å². The van der Waals surface area contributed by atoms with Crippen LogP contribution in [0, 0.1) is 0 Å². The summed E-state index contributed by atoms with van der Waals surface area (Å²) < 4.78 is 0. The summed E-state index contributed by atoms with van der Waals surface area (Å²) in [4.78, 5) is 16.1. The number of carbonyl (C=O) groups excluding carboxylic acids is 1. The number of nitrogens with zero attached hydrogens (tertiary/aromatic N) is 2. The first-order valence-corrected chi connectivity index (χ1v) is 5.72. The molecule has 0 saturated carbocycles. The van der Waals surface area contributed by atoms with Crippen LogP contribution in [-0.2, 0) is 4.79 Å². The molecule has 3 heteroatoms. The van der Waals surface area contributed by atoms with Crippen molar-refractivity contribution in [3.8, 4) is 0 Å². The van der Waals surface area contributed by atoms with Crippen molar-refractivity contribution in [3.63, 3.8) is 0 Å². The van der Waals surface area contributed by atoms with Gasteiger partial charge in [0.2, 0.25) is 5.91 Å². The van der Waals surface area contributed by atoms with Crippen LogP contribution in [0.2, 0.25) is 0 Å². The van der Waals surface area contributed by atoms with Gasteiger partial charge in [0.1, 0.15) is 0 Å². The van der Waals surface area contributed by atoms with Crippen LogP contribution in [0.3, 0.4) is 0 Å². The highest BCUT2D eigenvalue weighted by Gasteiger charge is 2.33. The van der Waals surface area contributed by atoms with E-state index in [-0.39, 0.29) is 0 Å². The van der Waals surface area contributed by atoms with Crippen molar-refractivity contribution in [2.24, 2.45) is 0 Å². The van der Waals surface area contributed by atoms with Crippen LogP contribution in [0.15, 0.2) is 0 Å². The topological polar surface area (TPSA) is 23.6 Å². The molecule has 1 amide bonds. The normalized spacial score (nSPS) is 29.5. The summed E-state index contributed by atoms with van der Waals surface area (Å²) in [5.74, 6) is 0.376. The Morgan fingerprint density at radius 3 is 2.64 bits per heavy atom. The smallest absolute Gasteiger partial charge is 0.222 e. The monoisotopic (exact) mass is 196 g/mol. The quantitative estimate of drug-likeness (QED) is 0.660. The molecule has 0 aromatic heterocycles. The number of hydrogen-bond acceptors (Lipinski definition) is 2. The molecule has 0 aliphatic carbocycles. The van der Waals surface area contributed by atoms with E-state index in [1.165, 1.54) is 6.42 Å². The van der Waals surface area contributed by atoms with Gasteiger partial charge in [0.05, 0.1) is 0 Å². The van der Waals surface area contributed by atoms with Crippen molar-refractivity contribution in [1.82, 2.24) is 9.80 Å². The second kappa shape index (κ2) is 3.89. The lowest BCUT2D eigenvalue weighted by atomic mass is 10.2. The van der Waals surface area contributed by atoms with Crippen molar-refractivity contribution in [3.05, 3.63) is 0 Å². The van der Waals surface area contributed by atoms with Gasteiger partial charge in [0.25, 0.3) is 0 Å². The van der Waals surface area contributed by atoms with Crippen LogP contribution in [0.25, 0.3) is 0 Å². The number of likely N-dealkylation sites (tertiary alicyclic amines) is 2. The standard InChI is InChI=1S/C11H20N2O/c1-9(2)12-7-5-10(8-12)13-6-3-4-11(13)14/h9-10H,3-8H2,1-2H3. The van der Waals surface area contributed by atoms with Gasteiger partial charge < -0.3 is 4.90 Å². The summed E-state index contributed by atoms with van der Waals surface area (Å²) in [5, 5.41) is 0. The number of hydrogen-bond donors (Lipinski definition) is 0. The maximum atomic E-state index is 11.5. The van der Waals surface area contributed by atoms with Crippen LogP contribution < -0.4 is 0 Å². The molecule has 1 unspecified atom stereocenters. The van der Waals surface area contributed by atoms with E-state index < -0.39 is 0 Å². The Morgan fingerprint density at radius 2 is 2.14 bits per heavy atom. The molecule has 2 fully saturated rings. The van der Waals surface area contributed by atoms with Crippen molar-refractivity contribution in [2.45, 2.75) is 45.2 Å². The first kappa shape index (κ1) is 9.97. The van der Waals surface area contributed by atoms with Crippen LogP contribution in [-0.4, -0.2) is 47.4 Å². The van der Waals surface area contributed by atoms with E-state index in [4.69, 9.17) is 0 Å². The summed E-state index contributed by atoms with van der Waals surface area (Å²) in [7, 11) is 0. The molecule has 2 saturated heterocycles. The lowest BCUT2D eigenvalue weighted by Gasteiger charge is -2.25. The van der Waals surface area contributed by atoms with E-state index in [1.54, 1.807) is 0 Å². The van der Waals surface area contributed by atoms with Crippen LogP contribution >= 0.6 is 0 Å². The molecule has 2 aliphatic rings. The Morgan fingerprint density at radius 1 is 1.36 bits per heavy atom. The Balaban J connectivity index is 1.92. The molecular weight excluding hydrogens is 176 g/mol. The molecule has 0 aromatic rings. The van der Waals surface area contributed by atoms with Crippen LogP contribution in [0.1, 0.15) is 33.1 Å². The molecule has 2 rings (SSSR count). The molecule has 80 valence electrons. The Hall–Kier alpha value is -0.570. The van der Waals surface area contributed by atoms with E-state index in [2.05, 4.69) is 23.6 Å². The summed E-state index contributed by atoms with van der Waals surface area (Å²) in [5.41, 5.74) is 0. The number of carbonyl (C=O) groups is 1. The van der Waals surface area contributed by atoms with Crippen LogP contribution in [0.5, 0.6) is 0 Å². The molecular formula is C11H20N2O. The molecule has 1 atom stereocenters. The van der Waals surface area contributed by atoms with Crippen LogP contribution in [0.4, 0.5) is 0 Å². The lowest BCUT2D eigenvalue weighted by Crippen LogP contribution is -2.39. The molecule has 0 radical (unpaired) electrons. The largest absolute Gasteiger partial charge is 0.338 e. The second-order valence-corrected chi connectivity index (χ2v) is 4.72. The molecule has 2 heterocycles. The Bertz CT molecular complexity index is 227. The van der Waals surface area contributed by atoms with Crippen molar-refractivity contribution in [1.29, 1.82) is 0 Å². The molecule has 0 N–H and O–H groups in total. The third-order valence-electron chi connectivity index (χ3n) is 3.48. The van der Waals surface area contributed by atoms with Gasteiger partial charge in [-0.1, -0.05) is 0 Å².